The van der Waals surface area contributed by atoms with Crippen LogP contribution in [0.5, 0.6) is 5.75 Å². The summed E-state index contributed by atoms with van der Waals surface area (Å²) in [6.07, 6.45) is 3.06. The quantitative estimate of drug-likeness (QED) is 0.920. The predicted octanol–water partition coefficient (Wildman–Crippen LogP) is 2.44. The second kappa shape index (κ2) is 5.70. The van der Waals surface area contributed by atoms with Gasteiger partial charge in [-0.25, -0.2) is 0 Å². The summed E-state index contributed by atoms with van der Waals surface area (Å²) in [6, 6.07) is 4.50. The van der Waals surface area contributed by atoms with Crippen molar-refractivity contribution in [2.24, 2.45) is 5.92 Å². The lowest BCUT2D eigenvalue weighted by Crippen LogP contribution is -2.36. The molecule has 0 bridgehead atoms. The molecule has 3 nitrogen and oxygen atoms in total. The van der Waals surface area contributed by atoms with Gasteiger partial charge in [0, 0.05) is 30.0 Å². The maximum atomic E-state index is 6.21. The van der Waals surface area contributed by atoms with Gasteiger partial charge >= 0.3 is 0 Å². The van der Waals surface area contributed by atoms with Gasteiger partial charge in [0.25, 0.3) is 0 Å². The Hall–Kier alpha value is -0.770. The highest BCUT2D eigenvalue weighted by molar-refractivity contribution is 6.30. The van der Waals surface area contributed by atoms with E-state index in [1.54, 1.807) is 0 Å². The maximum absolute atomic E-state index is 6.21. The lowest BCUT2D eigenvalue weighted by molar-refractivity contribution is 0.177. The minimum absolute atomic E-state index is 0.425. The topological polar surface area (TPSA) is 30.5 Å². The van der Waals surface area contributed by atoms with E-state index >= 15 is 0 Å². The number of ether oxygens (including phenoxy) is 2. The zero-order valence-electron chi connectivity index (χ0n) is 11.2. The summed E-state index contributed by atoms with van der Waals surface area (Å²) in [5, 5.41) is 4.24. The van der Waals surface area contributed by atoms with Crippen molar-refractivity contribution in [2.75, 3.05) is 26.9 Å². The number of benzene rings is 1. The smallest absolute Gasteiger partial charge is 0.125 e. The van der Waals surface area contributed by atoms with E-state index < -0.39 is 0 Å². The molecule has 0 radical (unpaired) electrons. The van der Waals surface area contributed by atoms with Crippen LogP contribution in [0.25, 0.3) is 0 Å². The van der Waals surface area contributed by atoms with E-state index in [0.29, 0.717) is 12.0 Å². The minimum Gasteiger partial charge on any atom is -0.493 e. The third kappa shape index (κ3) is 2.73. The summed E-state index contributed by atoms with van der Waals surface area (Å²) in [5.74, 6) is 1.64. The average Bonchev–Trinajstić information content (AvgIpc) is 3.05. The second-order valence-electron chi connectivity index (χ2n) is 5.37. The van der Waals surface area contributed by atoms with Crippen LogP contribution in [0.15, 0.2) is 12.1 Å². The lowest BCUT2D eigenvalue weighted by atomic mass is 9.92. The first kappa shape index (κ1) is 13.2. The van der Waals surface area contributed by atoms with Crippen LogP contribution in [-0.4, -0.2) is 32.9 Å². The number of likely N-dealkylation sites (N-methyl/N-ethyl adjacent to an activating group) is 1. The average molecular weight is 282 g/mol. The van der Waals surface area contributed by atoms with Crippen molar-refractivity contribution in [1.82, 2.24) is 5.32 Å². The monoisotopic (exact) mass is 281 g/mol. The summed E-state index contributed by atoms with van der Waals surface area (Å²) in [6.45, 7) is 2.52. The molecule has 0 aromatic heterocycles. The van der Waals surface area contributed by atoms with Crippen molar-refractivity contribution in [3.8, 4) is 5.75 Å². The fourth-order valence-corrected chi connectivity index (χ4v) is 3.37. The molecule has 0 spiro atoms. The van der Waals surface area contributed by atoms with Crippen LogP contribution >= 0.6 is 11.6 Å². The predicted molar refractivity (Wildman–Crippen MR) is 76.1 cm³/mol. The molecule has 4 heteroatoms. The molecule has 2 heterocycles. The summed E-state index contributed by atoms with van der Waals surface area (Å²) < 4.78 is 11.3. The van der Waals surface area contributed by atoms with Gasteiger partial charge in [-0.1, -0.05) is 11.6 Å². The molecule has 1 aromatic rings. The number of halogens is 1. The highest BCUT2D eigenvalue weighted by atomic mass is 35.5. The Labute approximate surface area is 119 Å². The van der Waals surface area contributed by atoms with Gasteiger partial charge in [-0.15, -0.1) is 0 Å². The van der Waals surface area contributed by atoms with Gasteiger partial charge in [-0.2, -0.15) is 0 Å². The van der Waals surface area contributed by atoms with E-state index in [1.807, 2.05) is 19.2 Å². The van der Waals surface area contributed by atoms with Crippen molar-refractivity contribution in [2.45, 2.75) is 25.3 Å². The van der Waals surface area contributed by atoms with Crippen LogP contribution in [0.4, 0.5) is 0 Å². The van der Waals surface area contributed by atoms with Crippen LogP contribution in [-0.2, 0) is 17.6 Å². The normalized spacial score (nSPS) is 23.2. The van der Waals surface area contributed by atoms with Crippen LogP contribution in [0.3, 0.4) is 0 Å². The summed E-state index contributed by atoms with van der Waals surface area (Å²) >= 11 is 6.21. The van der Waals surface area contributed by atoms with Crippen LogP contribution in [0, 0.1) is 5.92 Å². The molecular formula is C15H20ClNO2. The number of hydrogen-bond donors (Lipinski definition) is 1. The molecule has 2 aliphatic heterocycles. The largest absolute Gasteiger partial charge is 0.493 e. The Kier molecular flexibility index (Phi) is 3.96. The van der Waals surface area contributed by atoms with Crippen molar-refractivity contribution >= 4 is 11.6 Å². The number of fused-ring (bicyclic) bond motifs is 1. The van der Waals surface area contributed by atoms with Crippen LogP contribution in [0.1, 0.15) is 17.5 Å². The molecule has 2 atom stereocenters. The zero-order chi connectivity index (χ0) is 13.2. The Morgan fingerprint density at radius 3 is 3.05 bits per heavy atom. The molecule has 19 heavy (non-hydrogen) atoms. The Morgan fingerprint density at radius 1 is 1.42 bits per heavy atom. The first-order valence-electron chi connectivity index (χ1n) is 6.97. The minimum atomic E-state index is 0.425. The van der Waals surface area contributed by atoms with Gasteiger partial charge in [0.15, 0.2) is 0 Å². The van der Waals surface area contributed by atoms with Crippen LogP contribution in [0.2, 0.25) is 5.02 Å². The zero-order valence-corrected chi connectivity index (χ0v) is 12.0. The first-order valence-corrected chi connectivity index (χ1v) is 7.35. The SMILES string of the molecule is CNC(Cc1cc(Cl)cc2c1OCC2)C1CCOC1. The molecule has 1 saturated heterocycles. The fraction of sp³-hybridized carbons (Fsp3) is 0.600. The van der Waals surface area contributed by atoms with Gasteiger partial charge < -0.3 is 14.8 Å². The van der Waals surface area contributed by atoms with Gasteiger partial charge in [0.05, 0.1) is 13.2 Å². The molecule has 2 unspecified atom stereocenters. The molecule has 0 aliphatic carbocycles. The highest BCUT2D eigenvalue weighted by Gasteiger charge is 2.27. The Morgan fingerprint density at radius 2 is 2.32 bits per heavy atom. The maximum Gasteiger partial charge on any atom is 0.125 e. The molecule has 2 aliphatic rings. The molecule has 1 N–H and O–H groups in total. The molecule has 1 fully saturated rings. The van der Waals surface area contributed by atoms with E-state index in [1.165, 1.54) is 11.1 Å². The third-order valence-corrected chi connectivity index (χ3v) is 4.39. The van der Waals surface area contributed by atoms with Crippen LogP contribution < -0.4 is 10.1 Å². The van der Waals surface area contributed by atoms with Crippen molar-refractivity contribution in [3.05, 3.63) is 28.3 Å². The van der Waals surface area contributed by atoms with Crippen molar-refractivity contribution in [1.29, 1.82) is 0 Å². The van der Waals surface area contributed by atoms with E-state index in [0.717, 1.165) is 49.9 Å². The molecule has 104 valence electrons. The van der Waals surface area contributed by atoms with Gasteiger partial charge in [-0.3, -0.25) is 0 Å². The van der Waals surface area contributed by atoms with Crippen molar-refractivity contribution in [3.63, 3.8) is 0 Å². The molecule has 1 aromatic carbocycles. The van der Waals surface area contributed by atoms with E-state index in [-0.39, 0.29) is 0 Å². The summed E-state index contributed by atoms with van der Waals surface area (Å²) in [7, 11) is 2.02. The fourth-order valence-electron chi connectivity index (χ4n) is 3.11. The number of nitrogens with one attached hydrogen (secondary N) is 1. The lowest BCUT2D eigenvalue weighted by Gasteiger charge is -2.23. The third-order valence-electron chi connectivity index (χ3n) is 4.17. The first-order chi connectivity index (χ1) is 9.28. The summed E-state index contributed by atoms with van der Waals surface area (Å²) in [4.78, 5) is 0. The molecular weight excluding hydrogens is 262 g/mol. The van der Waals surface area contributed by atoms with E-state index in [2.05, 4.69) is 5.32 Å². The van der Waals surface area contributed by atoms with Gasteiger partial charge in [0.2, 0.25) is 0 Å². The number of hydrogen-bond acceptors (Lipinski definition) is 3. The Bertz CT molecular complexity index is 458. The Balaban J connectivity index is 1.81. The second-order valence-corrected chi connectivity index (χ2v) is 5.81. The molecule has 3 rings (SSSR count). The molecule has 0 saturated carbocycles. The summed E-state index contributed by atoms with van der Waals surface area (Å²) in [5.41, 5.74) is 2.48. The highest BCUT2D eigenvalue weighted by Crippen LogP contribution is 2.34. The van der Waals surface area contributed by atoms with E-state index in [9.17, 15) is 0 Å². The van der Waals surface area contributed by atoms with E-state index in [4.69, 9.17) is 21.1 Å². The number of rotatable bonds is 4. The standard InChI is InChI=1S/C15H20ClNO2/c1-17-14(11-2-4-18-9-11)8-12-7-13(16)6-10-3-5-19-15(10)12/h6-7,11,14,17H,2-5,8-9H2,1H3. The molecule has 0 amide bonds. The van der Waals surface area contributed by atoms with Gasteiger partial charge in [-0.05, 0) is 43.1 Å². The van der Waals surface area contributed by atoms with Gasteiger partial charge in [0.1, 0.15) is 5.75 Å². The van der Waals surface area contributed by atoms with Crippen molar-refractivity contribution < 1.29 is 9.47 Å².